The van der Waals surface area contributed by atoms with E-state index in [0.29, 0.717) is 21.9 Å². The zero-order valence-electron chi connectivity index (χ0n) is 23.5. The first-order chi connectivity index (χ1) is 21.4. The third kappa shape index (κ3) is 4.93. The minimum absolute atomic E-state index is 0.151. The SMILES string of the molecule is O=C(COC(=O)c1ccc(N2C(=O)[C@@H]3[C@@H]4C[C@@H]([C@H]3C2=O)[C@@H](c2ccccc2)C4)cc1)c1ccc(OC(=O)c2cccs2)cc1. The van der Waals surface area contributed by atoms with Gasteiger partial charge in [0.15, 0.2) is 12.4 Å². The number of benzene rings is 3. The number of esters is 2. The number of thiophene rings is 1. The molecule has 8 nitrogen and oxygen atoms in total. The fourth-order valence-corrected chi connectivity index (χ4v) is 7.70. The van der Waals surface area contributed by atoms with Gasteiger partial charge in [-0.05, 0) is 96.1 Å². The molecule has 2 bridgehead atoms. The van der Waals surface area contributed by atoms with Gasteiger partial charge in [0.2, 0.25) is 11.8 Å². The van der Waals surface area contributed by atoms with E-state index >= 15 is 0 Å². The maximum absolute atomic E-state index is 13.6. The largest absolute Gasteiger partial charge is 0.454 e. The number of amides is 2. The van der Waals surface area contributed by atoms with Crippen LogP contribution in [0.3, 0.4) is 0 Å². The molecule has 0 N–H and O–H groups in total. The number of carbonyl (C=O) groups excluding carboxylic acids is 5. The van der Waals surface area contributed by atoms with Gasteiger partial charge < -0.3 is 9.47 Å². The first kappa shape index (κ1) is 27.9. The molecule has 2 saturated carbocycles. The van der Waals surface area contributed by atoms with E-state index in [1.54, 1.807) is 29.6 Å². The van der Waals surface area contributed by atoms with Gasteiger partial charge in [-0.1, -0.05) is 36.4 Å². The summed E-state index contributed by atoms with van der Waals surface area (Å²) in [6.07, 6.45) is 1.82. The topological polar surface area (TPSA) is 107 Å². The van der Waals surface area contributed by atoms with Crippen LogP contribution in [-0.2, 0) is 14.3 Å². The summed E-state index contributed by atoms with van der Waals surface area (Å²) in [5.41, 5.74) is 2.15. The number of ketones is 1. The van der Waals surface area contributed by atoms with Crippen LogP contribution in [0.15, 0.2) is 96.4 Å². The van der Waals surface area contributed by atoms with E-state index in [9.17, 15) is 24.0 Å². The van der Waals surface area contributed by atoms with Crippen molar-refractivity contribution in [3.63, 3.8) is 0 Å². The fourth-order valence-electron chi connectivity index (χ4n) is 7.10. The molecule has 220 valence electrons. The summed E-state index contributed by atoms with van der Waals surface area (Å²) in [7, 11) is 0. The molecule has 44 heavy (non-hydrogen) atoms. The normalized spacial score (nSPS) is 23.5. The number of rotatable bonds is 8. The second-order valence-electron chi connectivity index (χ2n) is 11.4. The first-order valence-corrected chi connectivity index (χ1v) is 15.4. The molecule has 7 rings (SSSR count). The molecule has 0 spiro atoms. The maximum Gasteiger partial charge on any atom is 0.353 e. The predicted octanol–water partition coefficient (Wildman–Crippen LogP) is 5.94. The average Bonchev–Trinajstić information content (AvgIpc) is 3.85. The van der Waals surface area contributed by atoms with Crippen LogP contribution in [0.1, 0.15) is 54.7 Å². The van der Waals surface area contributed by atoms with E-state index in [0.717, 1.165) is 12.8 Å². The average molecular weight is 606 g/mol. The highest BCUT2D eigenvalue weighted by Crippen LogP contribution is 2.61. The Balaban J connectivity index is 0.958. The lowest BCUT2D eigenvalue weighted by molar-refractivity contribution is -0.123. The zero-order valence-corrected chi connectivity index (χ0v) is 24.3. The van der Waals surface area contributed by atoms with Crippen molar-refractivity contribution in [3.05, 3.63) is 118 Å². The molecule has 2 aliphatic carbocycles. The van der Waals surface area contributed by atoms with E-state index < -0.39 is 24.3 Å². The van der Waals surface area contributed by atoms with E-state index in [4.69, 9.17) is 9.47 Å². The van der Waals surface area contributed by atoms with Crippen molar-refractivity contribution in [1.82, 2.24) is 0 Å². The number of hydrogen-bond acceptors (Lipinski definition) is 8. The molecule has 2 heterocycles. The van der Waals surface area contributed by atoms with Gasteiger partial charge in [0.25, 0.3) is 0 Å². The Hall–Kier alpha value is -4.89. The van der Waals surface area contributed by atoms with Crippen molar-refractivity contribution in [2.24, 2.45) is 23.7 Å². The molecule has 0 radical (unpaired) electrons. The molecular formula is C35H27NO7S. The Kier molecular flexibility index (Phi) is 7.18. The summed E-state index contributed by atoms with van der Waals surface area (Å²) in [4.78, 5) is 66.1. The molecule has 3 aromatic carbocycles. The molecular weight excluding hydrogens is 578 g/mol. The van der Waals surface area contributed by atoms with Gasteiger partial charge in [-0.2, -0.15) is 0 Å². The standard InChI is InChI=1S/C35H27NO7S/c37-28(21-10-14-25(15-11-21)43-35(41)29-7-4-16-44-29)19-42-34(40)22-8-12-24(13-9-22)36-32(38)30-23-17-26(20-5-2-1-3-6-20)27(18-23)31(30)33(36)39/h1-16,23,26-27,30-31H,17-19H2/t23-,26+,27+,30+,31+/m0/s1. The quantitative estimate of drug-likeness (QED) is 0.106. The summed E-state index contributed by atoms with van der Waals surface area (Å²) in [5, 5.41) is 1.78. The van der Waals surface area contributed by atoms with Crippen LogP contribution in [0.5, 0.6) is 5.75 Å². The Morgan fingerprint density at radius 2 is 1.45 bits per heavy atom. The molecule has 5 atom stereocenters. The number of carbonyl (C=O) groups is 5. The van der Waals surface area contributed by atoms with Crippen molar-refractivity contribution in [1.29, 1.82) is 0 Å². The van der Waals surface area contributed by atoms with E-state index in [1.807, 2.05) is 18.2 Å². The third-order valence-corrected chi connectivity index (χ3v) is 9.90. The molecule has 3 fully saturated rings. The number of anilines is 1. The summed E-state index contributed by atoms with van der Waals surface area (Å²) >= 11 is 1.27. The van der Waals surface area contributed by atoms with Crippen molar-refractivity contribution in [2.45, 2.75) is 18.8 Å². The highest BCUT2D eigenvalue weighted by Gasteiger charge is 2.64. The van der Waals surface area contributed by atoms with Crippen molar-refractivity contribution >= 4 is 46.6 Å². The second-order valence-corrected chi connectivity index (χ2v) is 12.4. The minimum atomic E-state index is -0.703. The third-order valence-electron chi connectivity index (χ3n) is 9.05. The Bertz CT molecular complexity index is 1750. The van der Waals surface area contributed by atoms with Gasteiger partial charge >= 0.3 is 11.9 Å². The molecule has 9 heteroatoms. The monoisotopic (exact) mass is 605 g/mol. The lowest BCUT2D eigenvalue weighted by atomic mass is 9.73. The Labute approximate surface area is 257 Å². The van der Waals surface area contributed by atoms with Crippen molar-refractivity contribution < 1.29 is 33.4 Å². The van der Waals surface area contributed by atoms with Crippen LogP contribution in [0.4, 0.5) is 5.69 Å². The Morgan fingerprint density at radius 1 is 0.750 bits per heavy atom. The Morgan fingerprint density at radius 3 is 2.16 bits per heavy atom. The highest BCUT2D eigenvalue weighted by atomic mass is 32.1. The molecule has 3 aliphatic rings. The van der Waals surface area contributed by atoms with Crippen LogP contribution in [0.2, 0.25) is 0 Å². The van der Waals surface area contributed by atoms with Gasteiger partial charge in [0, 0.05) is 5.56 Å². The molecule has 1 aromatic heterocycles. The summed E-state index contributed by atoms with van der Waals surface area (Å²) in [5.74, 6) is -1.61. The molecule has 0 unspecified atom stereocenters. The predicted molar refractivity (Wildman–Crippen MR) is 162 cm³/mol. The van der Waals surface area contributed by atoms with Gasteiger partial charge in [-0.15, -0.1) is 11.3 Å². The van der Waals surface area contributed by atoms with E-state index in [2.05, 4.69) is 12.1 Å². The lowest BCUT2D eigenvalue weighted by Crippen LogP contribution is -2.33. The first-order valence-electron chi connectivity index (χ1n) is 14.5. The molecule has 1 aliphatic heterocycles. The number of nitrogens with zero attached hydrogens (tertiary/aromatic N) is 1. The number of fused-ring (bicyclic) bond motifs is 5. The summed E-state index contributed by atoms with van der Waals surface area (Å²) in [6, 6.07) is 25.8. The van der Waals surface area contributed by atoms with Gasteiger partial charge in [-0.3, -0.25) is 19.3 Å². The minimum Gasteiger partial charge on any atom is -0.454 e. The van der Waals surface area contributed by atoms with E-state index in [1.165, 1.54) is 58.2 Å². The smallest absolute Gasteiger partial charge is 0.353 e. The van der Waals surface area contributed by atoms with Crippen LogP contribution in [0, 0.1) is 23.7 Å². The fraction of sp³-hybridized carbons (Fsp3) is 0.229. The van der Waals surface area contributed by atoms with E-state index in [-0.39, 0.29) is 47.0 Å². The zero-order chi connectivity index (χ0) is 30.4. The number of hydrogen-bond donors (Lipinski definition) is 0. The van der Waals surface area contributed by atoms with Crippen LogP contribution in [-0.4, -0.2) is 36.1 Å². The number of imide groups is 1. The summed E-state index contributed by atoms with van der Waals surface area (Å²) < 4.78 is 10.5. The number of ether oxygens (including phenoxy) is 2. The molecule has 4 aromatic rings. The number of Topliss-reactive ketones (excluding diaryl/α,β-unsaturated/α-hetero) is 1. The van der Waals surface area contributed by atoms with Gasteiger partial charge in [0.1, 0.15) is 10.6 Å². The summed E-state index contributed by atoms with van der Waals surface area (Å²) in [6.45, 7) is -0.479. The van der Waals surface area contributed by atoms with Crippen molar-refractivity contribution in [3.8, 4) is 5.75 Å². The highest BCUT2D eigenvalue weighted by molar-refractivity contribution is 7.12. The lowest BCUT2D eigenvalue weighted by Gasteiger charge is -2.28. The van der Waals surface area contributed by atoms with Crippen LogP contribution >= 0.6 is 11.3 Å². The molecule has 1 saturated heterocycles. The van der Waals surface area contributed by atoms with Crippen molar-refractivity contribution in [2.75, 3.05) is 11.5 Å². The van der Waals surface area contributed by atoms with Gasteiger partial charge in [-0.25, -0.2) is 9.59 Å². The maximum atomic E-state index is 13.6. The van der Waals surface area contributed by atoms with Crippen LogP contribution < -0.4 is 9.64 Å². The molecule has 2 amide bonds. The van der Waals surface area contributed by atoms with Gasteiger partial charge in [0.05, 0.1) is 23.1 Å². The second kappa shape index (κ2) is 11.3. The van der Waals surface area contributed by atoms with Crippen LogP contribution in [0.25, 0.3) is 0 Å².